The fourth-order valence-corrected chi connectivity index (χ4v) is 2.70. The highest BCUT2D eigenvalue weighted by Gasteiger charge is 2.40. The third-order valence-corrected chi connectivity index (χ3v) is 3.68. The van der Waals surface area contributed by atoms with E-state index < -0.39 is 5.97 Å². The van der Waals surface area contributed by atoms with E-state index in [1.54, 1.807) is 6.92 Å². The molecule has 0 aromatic heterocycles. The van der Waals surface area contributed by atoms with E-state index in [0.29, 0.717) is 23.3 Å². The maximum atomic E-state index is 12.3. The molecule has 3 rings (SSSR count). The van der Waals surface area contributed by atoms with E-state index in [9.17, 15) is 9.59 Å². The zero-order valence-corrected chi connectivity index (χ0v) is 10.8. The number of ether oxygens (including phenoxy) is 1. The zero-order valence-electron chi connectivity index (χ0n) is 10.8. The van der Waals surface area contributed by atoms with Crippen LogP contribution in [0.4, 0.5) is 0 Å². The minimum absolute atomic E-state index is 0.0447. The van der Waals surface area contributed by atoms with Gasteiger partial charge in [0.05, 0.1) is 24.3 Å². The van der Waals surface area contributed by atoms with E-state index in [4.69, 9.17) is 4.74 Å². The molecule has 0 saturated carbocycles. The van der Waals surface area contributed by atoms with Gasteiger partial charge in [0, 0.05) is 16.8 Å². The number of hydrogen-bond acceptors (Lipinski definition) is 4. The fourth-order valence-electron chi connectivity index (χ4n) is 2.70. The molecule has 1 aromatic rings. The van der Waals surface area contributed by atoms with Crippen LogP contribution in [-0.4, -0.2) is 24.6 Å². The summed E-state index contributed by atoms with van der Waals surface area (Å²) in [5.74, 6) is -0.692. The van der Waals surface area contributed by atoms with Crippen LogP contribution < -0.4 is 0 Å². The predicted octanol–water partition coefficient (Wildman–Crippen LogP) is 2.14. The first-order chi connectivity index (χ1) is 9.13. The SMILES string of the molecule is COC(=O)C1=C(C)N=C2c3ccccc3C(=O)C2C1. The molecular weight excluding hydrogens is 242 g/mol. The second-order valence-electron chi connectivity index (χ2n) is 4.72. The Balaban J connectivity index is 2.12. The van der Waals surface area contributed by atoms with Crippen LogP contribution in [0.25, 0.3) is 0 Å². The highest BCUT2D eigenvalue weighted by Crippen LogP contribution is 2.36. The number of hydrogen-bond donors (Lipinski definition) is 0. The monoisotopic (exact) mass is 255 g/mol. The summed E-state index contributed by atoms with van der Waals surface area (Å²) in [5.41, 5.74) is 3.51. The van der Waals surface area contributed by atoms with Crippen molar-refractivity contribution in [2.75, 3.05) is 7.11 Å². The van der Waals surface area contributed by atoms with Crippen molar-refractivity contribution in [1.29, 1.82) is 0 Å². The van der Waals surface area contributed by atoms with Gasteiger partial charge in [-0.3, -0.25) is 9.79 Å². The molecule has 1 atom stereocenters. The maximum Gasteiger partial charge on any atom is 0.335 e. The van der Waals surface area contributed by atoms with Crippen LogP contribution in [-0.2, 0) is 9.53 Å². The van der Waals surface area contributed by atoms with Gasteiger partial charge >= 0.3 is 5.97 Å². The summed E-state index contributed by atoms with van der Waals surface area (Å²) in [7, 11) is 1.34. The van der Waals surface area contributed by atoms with Gasteiger partial charge in [0.25, 0.3) is 0 Å². The van der Waals surface area contributed by atoms with Crippen LogP contribution >= 0.6 is 0 Å². The molecule has 1 aliphatic heterocycles. The predicted molar refractivity (Wildman–Crippen MR) is 70.1 cm³/mol. The van der Waals surface area contributed by atoms with Crippen LogP contribution in [0.5, 0.6) is 0 Å². The van der Waals surface area contributed by atoms with Crippen LogP contribution in [0, 0.1) is 5.92 Å². The van der Waals surface area contributed by atoms with Gasteiger partial charge in [0.15, 0.2) is 5.78 Å². The number of fused-ring (bicyclic) bond motifs is 3. The number of esters is 1. The summed E-state index contributed by atoms with van der Waals surface area (Å²) >= 11 is 0. The Hall–Kier alpha value is -2.23. The number of allylic oxidation sites excluding steroid dienone is 1. The van der Waals surface area contributed by atoms with Crippen LogP contribution in [0.3, 0.4) is 0 Å². The zero-order chi connectivity index (χ0) is 13.6. The summed E-state index contributed by atoms with van der Waals surface area (Å²) in [6.07, 6.45) is 0.380. The number of aliphatic imine (C=N–C) groups is 1. The lowest BCUT2D eigenvalue weighted by atomic mass is 9.90. The normalized spacial score (nSPS) is 20.8. The molecule has 0 radical (unpaired) electrons. The Kier molecular flexibility index (Phi) is 2.59. The number of rotatable bonds is 1. The molecule has 0 N–H and O–H groups in total. The van der Waals surface area contributed by atoms with Crippen LogP contribution in [0.2, 0.25) is 0 Å². The van der Waals surface area contributed by atoms with Gasteiger partial charge in [0.1, 0.15) is 0 Å². The van der Waals surface area contributed by atoms with Crippen molar-refractivity contribution in [3.8, 4) is 0 Å². The lowest BCUT2D eigenvalue weighted by Crippen LogP contribution is -2.24. The third kappa shape index (κ3) is 1.63. The van der Waals surface area contributed by atoms with Gasteiger partial charge < -0.3 is 4.74 Å². The molecule has 96 valence electrons. The molecule has 1 aromatic carbocycles. The van der Waals surface area contributed by atoms with Crippen molar-refractivity contribution in [2.24, 2.45) is 10.9 Å². The molecule has 0 fully saturated rings. The molecule has 1 aliphatic carbocycles. The van der Waals surface area contributed by atoms with Crippen molar-refractivity contribution >= 4 is 17.5 Å². The average molecular weight is 255 g/mol. The van der Waals surface area contributed by atoms with E-state index >= 15 is 0 Å². The lowest BCUT2D eigenvalue weighted by Gasteiger charge is -2.18. The highest BCUT2D eigenvalue weighted by molar-refractivity contribution is 6.29. The first kappa shape index (κ1) is 11.8. The van der Waals surface area contributed by atoms with E-state index in [1.165, 1.54) is 7.11 Å². The summed E-state index contributed by atoms with van der Waals surface area (Å²) in [4.78, 5) is 28.5. The second kappa shape index (κ2) is 4.16. The first-order valence-corrected chi connectivity index (χ1v) is 6.13. The second-order valence-corrected chi connectivity index (χ2v) is 4.72. The largest absolute Gasteiger partial charge is 0.466 e. The van der Waals surface area contributed by atoms with Crippen molar-refractivity contribution < 1.29 is 14.3 Å². The average Bonchev–Trinajstić information content (AvgIpc) is 2.71. The molecule has 0 bridgehead atoms. The summed E-state index contributed by atoms with van der Waals surface area (Å²) in [5, 5.41) is 0. The van der Waals surface area contributed by atoms with Gasteiger partial charge in [-0.15, -0.1) is 0 Å². The number of Topliss-reactive ketones (excluding diaryl/α,β-unsaturated/α-hetero) is 1. The molecule has 2 aliphatic rings. The molecule has 1 heterocycles. The van der Waals surface area contributed by atoms with Crippen molar-refractivity contribution in [3.05, 3.63) is 46.7 Å². The van der Waals surface area contributed by atoms with Crippen molar-refractivity contribution in [3.63, 3.8) is 0 Å². The Morgan fingerprint density at radius 3 is 2.68 bits per heavy atom. The van der Waals surface area contributed by atoms with E-state index in [-0.39, 0.29) is 11.7 Å². The number of ketones is 1. The number of nitrogens with zero attached hydrogens (tertiary/aromatic N) is 1. The number of benzene rings is 1. The van der Waals surface area contributed by atoms with Crippen LogP contribution in [0.15, 0.2) is 40.5 Å². The lowest BCUT2D eigenvalue weighted by molar-refractivity contribution is -0.136. The van der Waals surface area contributed by atoms with Crippen molar-refractivity contribution in [1.82, 2.24) is 0 Å². The molecular formula is C15H13NO3. The van der Waals surface area contributed by atoms with E-state index in [1.807, 2.05) is 24.3 Å². The molecule has 1 unspecified atom stereocenters. The standard InChI is InChI=1S/C15H13NO3/c1-8-11(15(18)19-2)7-12-13(16-8)9-5-3-4-6-10(9)14(12)17/h3-6,12H,7H2,1-2H3. The Morgan fingerprint density at radius 2 is 2.00 bits per heavy atom. The van der Waals surface area contributed by atoms with Crippen LogP contribution in [0.1, 0.15) is 29.3 Å². The minimum Gasteiger partial charge on any atom is -0.466 e. The molecule has 0 spiro atoms. The van der Waals surface area contributed by atoms with Crippen molar-refractivity contribution in [2.45, 2.75) is 13.3 Å². The van der Waals surface area contributed by atoms with E-state index in [2.05, 4.69) is 4.99 Å². The quantitative estimate of drug-likeness (QED) is 0.722. The summed E-state index contributed by atoms with van der Waals surface area (Å²) in [6, 6.07) is 7.45. The van der Waals surface area contributed by atoms with Gasteiger partial charge in [-0.2, -0.15) is 0 Å². The maximum absolute atomic E-state index is 12.3. The molecule has 4 nitrogen and oxygen atoms in total. The topological polar surface area (TPSA) is 55.7 Å². The van der Waals surface area contributed by atoms with E-state index in [0.717, 1.165) is 11.3 Å². The first-order valence-electron chi connectivity index (χ1n) is 6.13. The molecule has 0 saturated heterocycles. The number of carbonyl (C=O) groups excluding carboxylic acids is 2. The Morgan fingerprint density at radius 1 is 1.32 bits per heavy atom. The van der Waals surface area contributed by atoms with Gasteiger partial charge in [0.2, 0.25) is 0 Å². The molecule has 4 heteroatoms. The Labute approximate surface area is 110 Å². The summed E-state index contributed by atoms with van der Waals surface area (Å²) in [6.45, 7) is 1.78. The number of carbonyl (C=O) groups is 2. The smallest absolute Gasteiger partial charge is 0.335 e. The van der Waals surface area contributed by atoms with Gasteiger partial charge in [-0.25, -0.2) is 4.79 Å². The third-order valence-electron chi connectivity index (χ3n) is 3.68. The summed E-state index contributed by atoms with van der Waals surface area (Å²) < 4.78 is 4.74. The minimum atomic E-state index is -0.399. The number of methoxy groups -OCH3 is 1. The van der Waals surface area contributed by atoms with Gasteiger partial charge in [-0.1, -0.05) is 24.3 Å². The van der Waals surface area contributed by atoms with Gasteiger partial charge in [-0.05, 0) is 13.3 Å². The molecule has 19 heavy (non-hydrogen) atoms. The Bertz CT molecular complexity index is 655. The highest BCUT2D eigenvalue weighted by atomic mass is 16.5. The fraction of sp³-hybridized carbons (Fsp3) is 0.267. The molecule has 0 amide bonds.